The molecule has 0 aliphatic carbocycles. The minimum atomic E-state index is -0.961. The molecule has 2 amide bonds. The number of unbranched alkanes of at least 4 members (excludes halogenated alkanes) is 3. The maximum Gasteiger partial charge on any atom is 0.333 e. The first kappa shape index (κ1) is 26.8. The molecule has 0 bridgehead atoms. The molecule has 0 saturated carbocycles. The molecule has 0 aliphatic rings. The Hall–Kier alpha value is -2.28. The van der Waals surface area contributed by atoms with Crippen molar-refractivity contribution in [3.8, 4) is 5.75 Å². The highest BCUT2D eigenvalue weighted by Crippen LogP contribution is 2.15. The number of carboxylic acids is 1. The maximum absolute atomic E-state index is 12.6. The number of ether oxygens (including phenoxy) is 2. The van der Waals surface area contributed by atoms with Crippen molar-refractivity contribution in [2.24, 2.45) is 0 Å². The van der Waals surface area contributed by atoms with Crippen LogP contribution in [0.15, 0.2) is 24.3 Å². The highest BCUT2D eigenvalue weighted by Gasteiger charge is 2.18. The van der Waals surface area contributed by atoms with E-state index in [4.69, 9.17) is 9.47 Å². The van der Waals surface area contributed by atoms with E-state index >= 15 is 0 Å². The van der Waals surface area contributed by atoms with Gasteiger partial charge in [0.2, 0.25) is 0 Å². The Kier molecular flexibility index (Phi) is 13.4. The average Bonchev–Trinajstić information content (AvgIpc) is 2.75. The predicted octanol–water partition coefficient (Wildman–Crippen LogP) is 4.49. The van der Waals surface area contributed by atoms with E-state index in [-0.39, 0.29) is 12.1 Å². The topological polar surface area (TPSA) is 88.1 Å². The zero-order chi connectivity index (χ0) is 23.1. The minimum absolute atomic E-state index is 0.0413. The molecule has 7 heteroatoms. The number of nitrogens with zero attached hydrogens (tertiary/aromatic N) is 1. The van der Waals surface area contributed by atoms with Gasteiger partial charge < -0.3 is 24.8 Å². The zero-order valence-electron chi connectivity index (χ0n) is 19.6. The fraction of sp³-hybridized carbons (Fsp3) is 0.667. The van der Waals surface area contributed by atoms with E-state index in [1.54, 1.807) is 6.92 Å². The Labute approximate surface area is 187 Å². The molecule has 0 fully saturated rings. The minimum Gasteiger partial charge on any atom is -0.492 e. The summed E-state index contributed by atoms with van der Waals surface area (Å²) in [5, 5.41) is 12.2. The molecule has 0 heterocycles. The maximum atomic E-state index is 12.6. The molecular weight excluding hydrogens is 396 g/mol. The first-order chi connectivity index (χ1) is 14.9. The van der Waals surface area contributed by atoms with E-state index in [9.17, 15) is 14.7 Å². The van der Waals surface area contributed by atoms with E-state index < -0.39 is 12.1 Å². The van der Waals surface area contributed by atoms with Crippen LogP contribution < -0.4 is 10.1 Å². The van der Waals surface area contributed by atoms with Crippen molar-refractivity contribution in [2.75, 3.05) is 26.3 Å². The molecule has 0 radical (unpaired) electrons. The molecule has 1 aromatic carbocycles. The van der Waals surface area contributed by atoms with Crippen molar-refractivity contribution < 1.29 is 24.2 Å². The van der Waals surface area contributed by atoms with Gasteiger partial charge in [0.25, 0.3) is 0 Å². The molecule has 1 rings (SSSR count). The van der Waals surface area contributed by atoms with Crippen molar-refractivity contribution in [1.29, 1.82) is 0 Å². The van der Waals surface area contributed by atoms with Gasteiger partial charge in [0.1, 0.15) is 12.4 Å². The largest absolute Gasteiger partial charge is 0.492 e. The Morgan fingerprint density at radius 1 is 1.06 bits per heavy atom. The smallest absolute Gasteiger partial charge is 0.333 e. The summed E-state index contributed by atoms with van der Waals surface area (Å²) in [6.07, 6.45) is 4.80. The number of nitrogens with one attached hydrogen (secondary N) is 1. The van der Waals surface area contributed by atoms with Gasteiger partial charge in [-0.1, -0.05) is 45.2 Å². The first-order valence-corrected chi connectivity index (χ1v) is 11.5. The van der Waals surface area contributed by atoms with E-state index in [1.165, 1.54) is 6.42 Å². The summed E-state index contributed by atoms with van der Waals surface area (Å²) < 4.78 is 11.1. The second-order valence-corrected chi connectivity index (χ2v) is 7.79. The molecular formula is C24H40N2O5. The molecule has 0 saturated heterocycles. The molecule has 2 atom stereocenters. The van der Waals surface area contributed by atoms with Crippen LogP contribution in [0.4, 0.5) is 4.79 Å². The molecule has 1 aromatic rings. The first-order valence-electron chi connectivity index (χ1n) is 11.5. The fourth-order valence-corrected chi connectivity index (χ4v) is 3.08. The van der Waals surface area contributed by atoms with E-state index in [0.29, 0.717) is 31.9 Å². The Balaban J connectivity index is 2.56. The summed E-state index contributed by atoms with van der Waals surface area (Å²) in [4.78, 5) is 25.6. The number of carbonyl (C=O) groups is 2. The zero-order valence-corrected chi connectivity index (χ0v) is 19.6. The van der Waals surface area contributed by atoms with Crippen LogP contribution in [-0.4, -0.2) is 60.5 Å². The van der Waals surface area contributed by atoms with Gasteiger partial charge in [-0.3, -0.25) is 0 Å². The van der Waals surface area contributed by atoms with Gasteiger partial charge in [-0.2, -0.15) is 0 Å². The van der Waals surface area contributed by atoms with Gasteiger partial charge in [-0.05, 0) is 44.4 Å². The number of carbonyl (C=O) groups excluding carboxylic acids is 1. The van der Waals surface area contributed by atoms with Crippen molar-refractivity contribution in [2.45, 2.75) is 78.4 Å². The summed E-state index contributed by atoms with van der Waals surface area (Å²) >= 11 is 0. The summed E-state index contributed by atoms with van der Waals surface area (Å²) in [5.41, 5.74) is 0.874. The number of amides is 2. The molecule has 2 unspecified atom stereocenters. The number of rotatable bonds is 16. The molecule has 0 aliphatic heterocycles. The van der Waals surface area contributed by atoms with Crippen LogP contribution in [0.3, 0.4) is 0 Å². The lowest BCUT2D eigenvalue weighted by Gasteiger charge is -2.25. The lowest BCUT2D eigenvalue weighted by molar-refractivity contribution is -0.149. The number of urea groups is 1. The third-order valence-electron chi connectivity index (χ3n) is 5.17. The summed E-state index contributed by atoms with van der Waals surface area (Å²) in [6, 6.07) is 7.45. The Bertz CT molecular complexity index is 635. The number of carboxylic acid groups (broad SMARTS) is 1. The average molecular weight is 437 g/mol. The van der Waals surface area contributed by atoms with Gasteiger partial charge in [-0.15, -0.1) is 0 Å². The monoisotopic (exact) mass is 436 g/mol. The van der Waals surface area contributed by atoms with Gasteiger partial charge >= 0.3 is 12.0 Å². The van der Waals surface area contributed by atoms with Crippen molar-refractivity contribution >= 4 is 12.0 Å². The third kappa shape index (κ3) is 11.1. The SMILES string of the molecule is CCCCCCN(CCOc1ccc(CC(OCC)C(=O)O)cc1)C(=O)NC(C)CC. The molecule has 2 N–H and O–H groups in total. The van der Waals surface area contributed by atoms with Crippen LogP contribution in [0.5, 0.6) is 5.75 Å². The normalized spacial score (nSPS) is 12.8. The second kappa shape index (κ2) is 15.5. The standard InChI is InChI=1S/C24H40N2O5/c1-5-8-9-10-15-26(24(29)25-19(4)6-2)16-17-31-21-13-11-20(12-14-21)18-22(23(27)28)30-7-3/h11-14,19,22H,5-10,15-18H2,1-4H3,(H,25,29)(H,27,28). The summed E-state index contributed by atoms with van der Waals surface area (Å²) in [7, 11) is 0. The van der Waals surface area contributed by atoms with Crippen molar-refractivity contribution in [3.63, 3.8) is 0 Å². The number of aliphatic carboxylic acids is 1. The molecule has 176 valence electrons. The van der Waals surface area contributed by atoms with Crippen LogP contribution in [0.25, 0.3) is 0 Å². The quantitative estimate of drug-likeness (QED) is 0.373. The Morgan fingerprint density at radius 2 is 1.77 bits per heavy atom. The van der Waals surface area contributed by atoms with Crippen LogP contribution in [0.1, 0.15) is 65.4 Å². The van der Waals surface area contributed by atoms with Crippen LogP contribution in [-0.2, 0) is 16.0 Å². The fourth-order valence-electron chi connectivity index (χ4n) is 3.08. The lowest BCUT2D eigenvalue weighted by atomic mass is 10.1. The second-order valence-electron chi connectivity index (χ2n) is 7.79. The highest BCUT2D eigenvalue weighted by atomic mass is 16.5. The van der Waals surface area contributed by atoms with Crippen LogP contribution >= 0.6 is 0 Å². The number of benzene rings is 1. The van der Waals surface area contributed by atoms with Crippen LogP contribution in [0.2, 0.25) is 0 Å². The predicted molar refractivity (Wildman–Crippen MR) is 123 cm³/mol. The van der Waals surface area contributed by atoms with Crippen molar-refractivity contribution in [1.82, 2.24) is 10.2 Å². The molecule has 31 heavy (non-hydrogen) atoms. The molecule has 0 aromatic heterocycles. The van der Waals surface area contributed by atoms with E-state index in [1.807, 2.05) is 36.1 Å². The molecule has 0 spiro atoms. The highest BCUT2D eigenvalue weighted by molar-refractivity contribution is 5.74. The van der Waals surface area contributed by atoms with E-state index in [0.717, 1.165) is 37.8 Å². The lowest BCUT2D eigenvalue weighted by Crippen LogP contribution is -2.45. The third-order valence-corrected chi connectivity index (χ3v) is 5.17. The number of hydrogen-bond donors (Lipinski definition) is 2. The Morgan fingerprint density at radius 3 is 2.35 bits per heavy atom. The van der Waals surface area contributed by atoms with Gasteiger partial charge in [0.15, 0.2) is 6.10 Å². The van der Waals surface area contributed by atoms with Crippen molar-refractivity contribution in [3.05, 3.63) is 29.8 Å². The number of hydrogen-bond acceptors (Lipinski definition) is 4. The van der Waals surface area contributed by atoms with E-state index in [2.05, 4.69) is 19.2 Å². The van der Waals surface area contributed by atoms with Crippen LogP contribution in [0, 0.1) is 0 Å². The molecule has 7 nitrogen and oxygen atoms in total. The van der Waals surface area contributed by atoms with Gasteiger partial charge in [-0.25, -0.2) is 9.59 Å². The van der Waals surface area contributed by atoms with Gasteiger partial charge in [0.05, 0.1) is 6.54 Å². The summed E-state index contributed by atoms with van der Waals surface area (Å²) in [6.45, 7) is 10.0. The van der Waals surface area contributed by atoms with Gasteiger partial charge in [0, 0.05) is 25.6 Å². The summed E-state index contributed by atoms with van der Waals surface area (Å²) in [5.74, 6) is -0.267.